The van der Waals surface area contributed by atoms with E-state index in [2.05, 4.69) is 76.9 Å². The van der Waals surface area contributed by atoms with Crippen molar-refractivity contribution in [1.82, 2.24) is 24.9 Å². The molecule has 0 radical (unpaired) electrons. The van der Waals surface area contributed by atoms with Gasteiger partial charge in [0.05, 0.1) is 42.4 Å². The number of nitrogens with zero attached hydrogens (tertiary/aromatic N) is 7. The van der Waals surface area contributed by atoms with Crippen LogP contribution in [-0.4, -0.2) is 170 Å². The lowest BCUT2D eigenvalue weighted by atomic mass is 9.90. The van der Waals surface area contributed by atoms with Crippen molar-refractivity contribution in [3.05, 3.63) is 215 Å². The number of ether oxygens (including phenoxy) is 10. The van der Waals surface area contributed by atoms with E-state index in [0.29, 0.717) is 169 Å². The van der Waals surface area contributed by atoms with Crippen LogP contribution in [0.2, 0.25) is 0 Å². The van der Waals surface area contributed by atoms with Crippen LogP contribution in [0.1, 0.15) is 90.8 Å². The zero-order valence-corrected chi connectivity index (χ0v) is 65.7. The van der Waals surface area contributed by atoms with Gasteiger partial charge >= 0.3 is 33.9 Å². The summed E-state index contributed by atoms with van der Waals surface area (Å²) in [7, 11) is -5.94. The number of carbonyl (C=O) groups is 3. The summed E-state index contributed by atoms with van der Waals surface area (Å²) in [6.07, 6.45) is 1.26. The molecule has 8 aromatic rings. The summed E-state index contributed by atoms with van der Waals surface area (Å²) in [5.74, 6) is 1.90. The van der Waals surface area contributed by atoms with Gasteiger partial charge in [-0.3, -0.25) is 19.5 Å². The second-order valence-corrected chi connectivity index (χ2v) is 30.3. The molecule has 7 aliphatic heterocycles. The molecule has 0 aliphatic carbocycles. The molecule has 0 unspecified atom stereocenters. The first-order valence-corrected chi connectivity index (χ1v) is 39.3. The van der Waals surface area contributed by atoms with Crippen molar-refractivity contribution in [3.8, 4) is 23.0 Å². The molecule has 598 valence electrons. The summed E-state index contributed by atoms with van der Waals surface area (Å²) in [6.45, 7) is 6.19. The topological polar surface area (TPSA) is 362 Å². The van der Waals surface area contributed by atoms with Crippen molar-refractivity contribution in [2.75, 3.05) is 107 Å². The summed E-state index contributed by atoms with van der Waals surface area (Å²) in [4.78, 5) is 71.1. The Bertz CT molecular complexity index is 4660. The Labute approximate surface area is 666 Å². The Morgan fingerprint density at radius 2 is 0.750 bits per heavy atom. The molecule has 3 amide bonds. The van der Waals surface area contributed by atoms with Crippen molar-refractivity contribution in [2.24, 2.45) is 0 Å². The highest BCUT2D eigenvalue weighted by Gasteiger charge is 2.49. The van der Waals surface area contributed by atoms with Crippen molar-refractivity contribution in [2.45, 2.75) is 99.1 Å². The Hall–Kier alpha value is -8.92. The number of H-pyrrole nitrogens is 1. The Balaban J connectivity index is 0.000000140. The van der Waals surface area contributed by atoms with Gasteiger partial charge in [-0.05, 0) is 64.5 Å². The first kappa shape index (κ1) is 84.0. The normalized spacial score (nSPS) is 18.2. The fourth-order valence-corrected chi connectivity index (χ4v) is 14.1. The Morgan fingerprint density at radius 1 is 0.420 bits per heavy atom. The van der Waals surface area contributed by atoms with E-state index < -0.39 is 62.1 Å². The average molecular weight is 1770 g/mol. The van der Waals surface area contributed by atoms with Gasteiger partial charge in [-0.2, -0.15) is 21.6 Å². The predicted octanol–water partition coefficient (Wildman–Crippen LogP) is 11.8. The van der Waals surface area contributed by atoms with Crippen LogP contribution in [0.5, 0.6) is 23.0 Å². The monoisotopic (exact) mass is 1770 g/mol. The van der Waals surface area contributed by atoms with E-state index in [1.165, 1.54) is 21.9 Å². The number of halogens is 6. The predicted molar refractivity (Wildman–Crippen MR) is 407 cm³/mol. The van der Waals surface area contributed by atoms with Gasteiger partial charge in [0, 0.05) is 165 Å². The fourth-order valence-electron chi connectivity index (χ4n) is 12.2. The number of hydrogen-bond acceptors (Lipinski definition) is 25. The number of benzene rings is 3. The maximum absolute atomic E-state index is 12.6. The van der Waals surface area contributed by atoms with Gasteiger partial charge in [-0.15, -0.1) is 0 Å². The number of amides is 3. The molecule has 0 spiro atoms. The molecule has 0 atom stereocenters. The first-order chi connectivity index (χ1) is 53.6. The van der Waals surface area contributed by atoms with Crippen LogP contribution in [0.4, 0.5) is 45.0 Å². The lowest BCUT2D eigenvalue weighted by molar-refractivity contribution is -0.0710. The van der Waals surface area contributed by atoms with Crippen molar-refractivity contribution in [1.29, 1.82) is 0 Å². The molecule has 0 bridgehead atoms. The fraction of sp³-hybridized carbons (Fsp3) is 0.395. The van der Waals surface area contributed by atoms with E-state index in [9.17, 15) is 61.2 Å². The number of aromatic amines is 1. The third-order valence-corrected chi connectivity index (χ3v) is 20.7. The second kappa shape index (κ2) is 38.3. The summed E-state index contributed by atoms with van der Waals surface area (Å²) in [5, 5.41) is 43.2. The van der Waals surface area contributed by atoms with E-state index in [4.69, 9.17) is 47.4 Å². The number of anilines is 3. The molecule has 5 aromatic heterocycles. The quantitative estimate of drug-likeness (QED) is 0.0230. The van der Waals surface area contributed by atoms with Gasteiger partial charge in [-0.25, -0.2) is 34.3 Å². The van der Waals surface area contributed by atoms with Gasteiger partial charge in [-0.1, -0.05) is 91.0 Å². The summed E-state index contributed by atoms with van der Waals surface area (Å²) >= 11 is 10.0. The largest absolute Gasteiger partial charge is 0.534 e. The van der Waals surface area contributed by atoms with E-state index in [1.807, 2.05) is 115 Å². The zero-order chi connectivity index (χ0) is 79.5. The molecule has 7 aliphatic rings. The molecule has 36 heteroatoms. The molecule has 112 heavy (non-hydrogen) atoms. The number of aliphatic hydroxyl groups is 4. The van der Waals surface area contributed by atoms with Crippen molar-refractivity contribution in [3.63, 3.8) is 0 Å². The van der Waals surface area contributed by atoms with Crippen molar-refractivity contribution >= 4 is 93.6 Å². The third kappa shape index (κ3) is 22.9. The molecular weight excluding hydrogens is 1690 g/mol. The molecule has 12 heterocycles. The molecule has 15 rings (SSSR count). The SMILES string of the molecule is Brc1cc(OCc2ccccc2)cc(Br)n1.O=C1OCCN1c1cc(=O)cc(C2(O)CCOCC2)[nH]1.O=C1OCCN1c1cc(OCc2ccccc2)cc(C2(O)CCOCC2)n1.O=C1OCCN1c1cc(OS(=O)(=O)C(F)(F)F)cc(C2(O)CCOCC2)n1.OC1(c2cc(OCc3ccccc3)cc(Br)n2)CCOCC1. The lowest BCUT2D eigenvalue weighted by Crippen LogP contribution is -2.36. The summed E-state index contributed by atoms with van der Waals surface area (Å²) < 4.78 is 120. The molecular formula is C76H80Br3F3N8O21S. The molecule has 7 saturated heterocycles. The minimum absolute atomic E-state index is 0.0277. The van der Waals surface area contributed by atoms with Crippen LogP contribution in [0, 0.1) is 0 Å². The van der Waals surface area contributed by atoms with Crippen LogP contribution in [0.3, 0.4) is 0 Å². The molecule has 5 N–H and O–H groups in total. The van der Waals surface area contributed by atoms with Crippen LogP contribution in [-0.2, 0) is 85.5 Å². The first-order valence-electron chi connectivity index (χ1n) is 35.5. The van der Waals surface area contributed by atoms with Crippen molar-refractivity contribution < 1.29 is 108 Å². The van der Waals surface area contributed by atoms with Gasteiger partial charge in [0.25, 0.3) is 0 Å². The number of pyridine rings is 5. The Morgan fingerprint density at radius 3 is 1.12 bits per heavy atom. The minimum Gasteiger partial charge on any atom is -0.489 e. The van der Waals surface area contributed by atoms with E-state index in [0.717, 1.165) is 48.7 Å². The highest BCUT2D eigenvalue weighted by molar-refractivity contribution is 9.11. The number of rotatable bonds is 18. The summed E-state index contributed by atoms with van der Waals surface area (Å²) in [5.41, 5.74) is -5.93. The molecule has 3 aromatic carbocycles. The minimum atomic E-state index is -5.94. The van der Waals surface area contributed by atoms with E-state index >= 15 is 0 Å². The van der Waals surface area contributed by atoms with E-state index in [-0.39, 0.29) is 56.1 Å². The third-order valence-electron chi connectivity index (χ3n) is 18.5. The standard InChI is InChI=1S/C20H22N2O5.C17H18BrNO3.C14H15F3N2O7S.C13H16N2O5.C12H9Br2NO/c23-19-22(8-11-26-19)18-13-16(27-14-15-4-2-1-3-5-15)12-17(21-18)20(24)6-9-25-10-7-20;18-16-11-14(22-12-13-4-2-1-3-5-13)10-15(19-16)17(20)6-8-21-9-7-17;15-14(16,17)27(22,23)26-9-7-10(13(21)1-4-24-5-2-13)18-11(8-9)19-3-6-25-12(19)20;16-9-7-10(13(18)1-4-19-5-2-13)14-11(8-9)15-3-6-20-12(15)17;13-11-6-10(7-12(14)15-11)16-8-9-4-2-1-3-5-9/h1-5,12-13,24H,6-11,14H2;1-5,10-11,20H,6-9,12H2;7-8,21H,1-6H2;7-8,18H,1-6H2,(H,14,16);1-7H,8H2. The highest BCUT2D eigenvalue weighted by atomic mass is 79.9. The van der Waals surface area contributed by atoms with E-state index in [1.54, 1.807) is 12.1 Å². The number of alkyl halides is 3. The lowest BCUT2D eigenvalue weighted by Gasteiger charge is -2.32. The van der Waals surface area contributed by atoms with Gasteiger partial charge in [0.2, 0.25) is 0 Å². The zero-order valence-electron chi connectivity index (χ0n) is 60.1. The maximum Gasteiger partial charge on any atom is 0.534 e. The van der Waals surface area contributed by atoms with Gasteiger partial charge in [0.15, 0.2) is 5.43 Å². The Kier molecular flexibility index (Phi) is 28.7. The number of carbonyl (C=O) groups excluding carboxylic acids is 3. The average Bonchev–Trinajstić information content (AvgIpc) is 1.19. The number of nitrogens with one attached hydrogen (secondary N) is 1. The molecule has 29 nitrogen and oxygen atoms in total. The van der Waals surface area contributed by atoms with Gasteiger partial charge < -0.3 is 77.0 Å². The van der Waals surface area contributed by atoms with Gasteiger partial charge in [0.1, 0.15) is 116 Å². The smallest absolute Gasteiger partial charge is 0.489 e. The number of cyclic esters (lactones) is 3. The molecule has 0 saturated carbocycles. The summed E-state index contributed by atoms with van der Waals surface area (Å²) in [6, 6.07) is 45.1. The van der Waals surface area contributed by atoms with Crippen LogP contribution < -0.4 is 38.5 Å². The maximum atomic E-state index is 12.6. The number of hydrogen-bond donors (Lipinski definition) is 5. The molecule has 7 fully saturated rings. The van der Waals surface area contributed by atoms with Crippen LogP contribution in [0.25, 0.3) is 0 Å². The van der Waals surface area contributed by atoms with Crippen LogP contribution in [0.15, 0.2) is 170 Å². The number of aromatic nitrogens is 5. The van der Waals surface area contributed by atoms with Crippen LogP contribution >= 0.6 is 47.8 Å². The second-order valence-electron chi connectivity index (χ2n) is 26.3. The highest BCUT2D eigenvalue weighted by Crippen LogP contribution is 2.40.